The van der Waals surface area contributed by atoms with E-state index < -0.39 is 85.1 Å². The number of aliphatic hydroxyl groups is 1. The van der Waals surface area contributed by atoms with Crippen LogP contribution in [-0.2, 0) is 38.4 Å². The Morgan fingerprint density at radius 1 is 0.814 bits per heavy atom. The highest BCUT2D eigenvalue weighted by Gasteiger charge is 2.42. The first-order chi connectivity index (χ1) is 28.1. The maximum atomic E-state index is 13.1. The molecule has 0 spiro atoms. The van der Waals surface area contributed by atoms with Gasteiger partial charge in [0.25, 0.3) is 0 Å². The van der Waals surface area contributed by atoms with Crippen LogP contribution >= 0.6 is 23.5 Å². The second kappa shape index (κ2) is 27.4. The van der Waals surface area contributed by atoms with Crippen molar-refractivity contribution in [3.63, 3.8) is 0 Å². The summed E-state index contributed by atoms with van der Waals surface area (Å²) in [6.07, 6.45) is 5.99. The summed E-state index contributed by atoms with van der Waals surface area (Å²) in [6, 6.07) is -3.48. The fourth-order valence-corrected chi connectivity index (χ4v) is 8.52. The van der Waals surface area contributed by atoms with Crippen LogP contribution in [-0.4, -0.2) is 143 Å². The van der Waals surface area contributed by atoms with Crippen molar-refractivity contribution in [1.29, 1.82) is 0 Å². The number of hydroxylamine groups is 1. The zero-order valence-electron chi connectivity index (χ0n) is 33.9. The van der Waals surface area contributed by atoms with Crippen LogP contribution in [0.2, 0.25) is 0 Å². The molecule has 0 aliphatic carbocycles. The largest absolute Gasteiger partial charge is 0.394 e. The van der Waals surface area contributed by atoms with Gasteiger partial charge < -0.3 is 53.4 Å². The second-order valence-corrected chi connectivity index (χ2v) is 17.1. The minimum atomic E-state index is -1.50. The Hall–Kier alpha value is -4.35. The van der Waals surface area contributed by atoms with E-state index in [0.29, 0.717) is 43.2 Å². The molecule has 0 radical (unpaired) electrons. The third-order valence-corrected chi connectivity index (χ3v) is 11.8. The highest BCUT2D eigenvalue weighted by Crippen LogP contribution is 2.33. The van der Waals surface area contributed by atoms with E-state index in [0.717, 1.165) is 25.0 Å². The number of amides is 10. The minimum Gasteiger partial charge on any atom is -0.394 e. The standard InChI is InChI=1S/C36H62N10O11S2/c1-20(2)14-21(15-28(49)46-57)33(53)42-23(11-13-58-3)35(55)43-24(18-47)34(54)40-16-29(50)39-17-30(51)41-22(32(37)52)8-6-7-12-38-27(48)10-5-4-9-26-31-25(19-59-26)44-36(56)45-31/h20-26,31,47,57H,4-19H2,1-3H3,(H2,37,52)(H,38,48)(H,39,50)(H,40,54)(H,41,51)(H,42,53)(H,43,55)(H,46,49)(H2,44,45,56)/t21?,22-,23-,24-,25-,26-,31-/m0/s1. The van der Waals surface area contributed by atoms with E-state index in [1.165, 1.54) is 17.2 Å². The summed E-state index contributed by atoms with van der Waals surface area (Å²) >= 11 is 3.23. The summed E-state index contributed by atoms with van der Waals surface area (Å²) in [5.74, 6) is -4.96. The Morgan fingerprint density at radius 3 is 2.19 bits per heavy atom. The van der Waals surface area contributed by atoms with Gasteiger partial charge in [-0.05, 0) is 62.9 Å². The molecule has 2 heterocycles. The van der Waals surface area contributed by atoms with Crippen LogP contribution in [0.3, 0.4) is 0 Å². The molecular formula is C36H62N10O11S2. The fraction of sp³-hybridized carbons (Fsp3) is 0.750. The number of carbonyl (C=O) groups excluding carboxylic acids is 9. The molecule has 0 aromatic rings. The van der Waals surface area contributed by atoms with Gasteiger partial charge in [0.1, 0.15) is 18.1 Å². The zero-order chi connectivity index (χ0) is 43.9. The van der Waals surface area contributed by atoms with Crippen molar-refractivity contribution in [3.05, 3.63) is 0 Å². The zero-order valence-corrected chi connectivity index (χ0v) is 35.5. The monoisotopic (exact) mass is 874 g/mol. The van der Waals surface area contributed by atoms with E-state index in [4.69, 9.17) is 10.9 Å². The topological polar surface area (TPSA) is 328 Å². The van der Waals surface area contributed by atoms with Gasteiger partial charge in [0.05, 0.1) is 31.8 Å². The van der Waals surface area contributed by atoms with E-state index in [1.54, 1.807) is 6.26 Å². The Labute approximate surface area is 352 Å². The number of nitrogens with two attached hydrogens (primary N) is 1. The molecule has 13 N–H and O–H groups in total. The Balaban J connectivity index is 1.69. The Kier molecular flexibility index (Phi) is 23.6. The van der Waals surface area contributed by atoms with Gasteiger partial charge in [0.15, 0.2) is 0 Å². The molecule has 0 saturated carbocycles. The molecule has 23 heteroatoms. The lowest BCUT2D eigenvalue weighted by Gasteiger charge is -2.24. The second-order valence-electron chi connectivity index (χ2n) is 14.9. The highest BCUT2D eigenvalue weighted by atomic mass is 32.2. The summed E-state index contributed by atoms with van der Waals surface area (Å²) < 4.78 is 0. The molecule has 10 amide bonds. The SMILES string of the molecule is CSCC[C@H](NC(=O)C(CC(=O)NO)CC(C)C)C(=O)N[C@@H](CO)C(=O)NCC(=O)NCC(=O)N[C@@H](CCCCNC(=O)CCCC[C@@H]1SC[C@@H]2NC(=O)N[C@@H]21)C(N)=O. The van der Waals surface area contributed by atoms with Crippen LogP contribution in [0.15, 0.2) is 0 Å². The van der Waals surface area contributed by atoms with E-state index >= 15 is 0 Å². The molecule has 0 aromatic heterocycles. The average Bonchev–Trinajstić information content (AvgIpc) is 3.75. The molecule has 0 aromatic carbocycles. The molecule has 2 saturated heterocycles. The van der Waals surface area contributed by atoms with Crippen LogP contribution in [0.25, 0.3) is 0 Å². The van der Waals surface area contributed by atoms with E-state index in [-0.39, 0.29) is 49.2 Å². The molecule has 334 valence electrons. The molecule has 21 nitrogen and oxygen atoms in total. The van der Waals surface area contributed by atoms with E-state index in [1.807, 2.05) is 25.6 Å². The number of rotatable bonds is 29. The number of aliphatic hydroxyl groups excluding tert-OH is 1. The van der Waals surface area contributed by atoms with Crippen molar-refractivity contribution in [2.75, 3.05) is 44.0 Å². The highest BCUT2D eigenvalue weighted by molar-refractivity contribution is 8.00. The number of thioether (sulfide) groups is 2. The normalized spacial score (nSPS) is 18.8. The molecule has 2 aliphatic heterocycles. The van der Waals surface area contributed by atoms with Gasteiger partial charge in [-0.15, -0.1) is 0 Å². The van der Waals surface area contributed by atoms with Crippen molar-refractivity contribution in [2.45, 2.75) is 114 Å². The van der Waals surface area contributed by atoms with Gasteiger partial charge in [0.2, 0.25) is 47.3 Å². The Morgan fingerprint density at radius 2 is 1.53 bits per heavy atom. The third kappa shape index (κ3) is 19.5. The lowest BCUT2D eigenvalue weighted by atomic mass is 9.92. The van der Waals surface area contributed by atoms with Gasteiger partial charge in [-0.2, -0.15) is 23.5 Å². The fourth-order valence-electron chi connectivity index (χ4n) is 6.51. The first kappa shape index (κ1) is 50.8. The predicted molar refractivity (Wildman–Crippen MR) is 219 cm³/mol. The number of nitrogens with one attached hydrogen (secondary N) is 9. The van der Waals surface area contributed by atoms with Gasteiger partial charge in [0, 0.05) is 36.3 Å². The molecule has 2 aliphatic rings. The molecule has 1 unspecified atom stereocenters. The van der Waals surface area contributed by atoms with Crippen molar-refractivity contribution >= 4 is 76.8 Å². The number of unbranched alkanes of at least 4 members (excludes halogenated alkanes) is 2. The van der Waals surface area contributed by atoms with Crippen LogP contribution in [0.1, 0.15) is 78.1 Å². The Bertz CT molecular complexity index is 1460. The van der Waals surface area contributed by atoms with Gasteiger partial charge in [-0.25, -0.2) is 10.3 Å². The molecule has 0 bridgehead atoms. The van der Waals surface area contributed by atoms with Crippen LogP contribution in [0, 0.1) is 11.8 Å². The number of hydrogen-bond donors (Lipinski definition) is 12. The predicted octanol–water partition coefficient (Wildman–Crippen LogP) is -2.53. The number of hydrogen-bond acceptors (Lipinski definition) is 13. The van der Waals surface area contributed by atoms with E-state index in [2.05, 4.69) is 42.5 Å². The molecule has 2 fully saturated rings. The van der Waals surface area contributed by atoms with Gasteiger partial charge in [-0.1, -0.05) is 20.3 Å². The molecule has 7 atom stereocenters. The summed E-state index contributed by atoms with van der Waals surface area (Å²) in [6.45, 7) is 2.04. The number of primary amides is 1. The van der Waals surface area contributed by atoms with E-state index in [9.17, 15) is 48.3 Å². The summed E-state index contributed by atoms with van der Waals surface area (Å²) in [5.41, 5.74) is 6.95. The summed E-state index contributed by atoms with van der Waals surface area (Å²) in [4.78, 5) is 111. The maximum absolute atomic E-state index is 13.1. The van der Waals surface area contributed by atoms with Gasteiger partial charge >= 0.3 is 6.03 Å². The van der Waals surface area contributed by atoms with Gasteiger partial charge in [-0.3, -0.25) is 43.6 Å². The smallest absolute Gasteiger partial charge is 0.315 e. The van der Waals surface area contributed by atoms with Crippen molar-refractivity contribution < 1.29 is 53.5 Å². The number of fused-ring (bicyclic) bond motifs is 1. The summed E-state index contributed by atoms with van der Waals surface area (Å²) in [5, 5.41) is 39.8. The summed E-state index contributed by atoms with van der Waals surface area (Å²) in [7, 11) is 0. The quantitative estimate of drug-likeness (QED) is 0.0160. The molecule has 2 rings (SSSR count). The minimum absolute atomic E-state index is 0.0144. The van der Waals surface area contributed by atoms with Crippen molar-refractivity contribution in [3.8, 4) is 0 Å². The van der Waals surface area contributed by atoms with Crippen molar-refractivity contribution in [2.24, 2.45) is 17.6 Å². The lowest BCUT2D eigenvalue weighted by molar-refractivity contribution is -0.137. The first-order valence-electron chi connectivity index (χ1n) is 19.8. The molecule has 59 heavy (non-hydrogen) atoms. The number of urea groups is 1. The lowest BCUT2D eigenvalue weighted by Crippen LogP contribution is -2.56. The van der Waals surface area contributed by atoms with Crippen molar-refractivity contribution in [1.82, 2.24) is 48.0 Å². The van der Waals surface area contributed by atoms with Crippen LogP contribution in [0.4, 0.5) is 4.79 Å². The molecular weight excluding hydrogens is 813 g/mol. The third-order valence-electron chi connectivity index (χ3n) is 9.61. The van der Waals surface area contributed by atoms with Crippen LogP contribution in [0.5, 0.6) is 0 Å². The number of carbonyl (C=O) groups is 9. The average molecular weight is 875 g/mol. The van der Waals surface area contributed by atoms with Crippen LogP contribution < -0.4 is 53.7 Å². The first-order valence-corrected chi connectivity index (χ1v) is 22.2. The maximum Gasteiger partial charge on any atom is 0.315 e.